The van der Waals surface area contributed by atoms with Crippen molar-refractivity contribution in [3.8, 4) is 5.75 Å². The van der Waals surface area contributed by atoms with Gasteiger partial charge in [-0.3, -0.25) is 4.90 Å². The van der Waals surface area contributed by atoms with E-state index in [4.69, 9.17) is 4.74 Å². The lowest BCUT2D eigenvalue weighted by Crippen LogP contribution is -2.48. The molecule has 4 rings (SSSR count). The number of halogens is 1. The lowest BCUT2D eigenvalue weighted by Gasteiger charge is -2.38. The topological polar surface area (TPSA) is 59.3 Å². The molecule has 0 amide bonds. The molecule has 1 fully saturated rings. The summed E-state index contributed by atoms with van der Waals surface area (Å²) in [6.07, 6.45) is 0. The number of ether oxygens (including phenoxy) is 1. The van der Waals surface area contributed by atoms with Gasteiger partial charge in [0.05, 0.1) is 19.2 Å². The van der Waals surface area contributed by atoms with Gasteiger partial charge in [0.1, 0.15) is 11.6 Å². The van der Waals surface area contributed by atoms with Gasteiger partial charge in [-0.05, 0) is 59.3 Å². The maximum atomic E-state index is 13.3. The Bertz CT molecular complexity index is 951. The Morgan fingerprint density at radius 1 is 0.968 bits per heavy atom. The van der Waals surface area contributed by atoms with Crippen molar-refractivity contribution in [2.45, 2.75) is 26.4 Å². The smallest absolute Gasteiger partial charge is 0.173 e. The zero-order valence-corrected chi connectivity index (χ0v) is 18.1. The van der Waals surface area contributed by atoms with Crippen LogP contribution in [-0.4, -0.2) is 69.3 Å². The summed E-state index contributed by atoms with van der Waals surface area (Å²) in [4.78, 5) is 4.89. The van der Waals surface area contributed by atoms with Gasteiger partial charge in [0.2, 0.25) is 0 Å². The number of hydrogen-bond acceptors (Lipinski definition) is 6. The fourth-order valence-electron chi connectivity index (χ4n) is 4.06. The van der Waals surface area contributed by atoms with Crippen LogP contribution in [0.15, 0.2) is 48.5 Å². The van der Waals surface area contributed by atoms with Crippen molar-refractivity contribution in [3.63, 3.8) is 0 Å². The molecule has 7 nitrogen and oxygen atoms in total. The third kappa shape index (κ3) is 5.08. The van der Waals surface area contributed by atoms with Gasteiger partial charge in [-0.2, -0.15) is 0 Å². The standard InChI is InChI=1S/C23H29FN6O/c1-3-28-13-15-29(16-14-28)22(19-7-11-21(12-8-19)31-4-2)23-25-26-27-30(23)17-18-5-9-20(24)10-6-18/h5-12,22H,3-4,13-17H2,1-2H3/t22-/m0/s1. The third-order valence-corrected chi connectivity index (χ3v) is 5.78. The molecule has 0 bridgehead atoms. The van der Waals surface area contributed by atoms with Gasteiger partial charge in [0, 0.05) is 26.2 Å². The van der Waals surface area contributed by atoms with Crippen LogP contribution in [0.25, 0.3) is 0 Å². The molecule has 0 saturated carbocycles. The summed E-state index contributed by atoms with van der Waals surface area (Å²) in [5, 5.41) is 12.7. The molecule has 1 aliphatic rings. The normalized spacial score (nSPS) is 16.4. The minimum atomic E-state index is -0.248. The van der Waals surface area contributed by atoms with Gasteiger partial charge in [-0.1, -0.05) is 31.2 Å². The van der Waals surface area contributed by atoms with Crippen LogP contribution in [0.3, 0.4) is 0 Å². The van der Waals surface area contributed by atoms with Crippen molar-refractivity contribution in [2.75, 3.05) is 39.3 Å². The number of hydrogen-bond donors (Lipinski definition) is 0. The lowest BCUT2D eigenvalue weighted by atomic mass is 10.0. The highest BCUT2D eigenvalue weighted by molar-refractivity contribution is 5.32. The Labute approximate surface area is 182 Å². The number of aromatic nitrogens is 4. The van der Waals surface area contributed by atoms with Crippen molar-refractivity contribution >= 4 is 0 Å². The monoisotopic (exact) mass is 424 g/mol. The molecule has 8 heteroatoms. The number of tetrazole rings is 1. The molecular weight excluding hydrogens is 395 g/mol. The summed E-state index contributed by atoms with van der Waals surface area (Å²) in [5.74, 6) is 1.40. The highest BCUT2D eigenvalue weighted by Gasteiger charge is 2.30. The second-order valence-electron chi connectivity index (χ2n) is 7.70. The van der Waals surface area contributed by atoms with Crippen molar-refractivity contribution in [1.29, 1.82) is 0 Å². The maximum Gasteiger partial charge on any atom is 0.173 e. The van der Waals surface area contributed by atoms with Crippen LogP contribution in [0.1, 0.15) is 36.8 Å². The van der Waals surface area contributed by atoms with Crippen LogP contribution >= 0.6 is 0 Å². The van der Waals surface area contributed by atoms with Crippen LogP contribution in [0, 0.1) is 5.82 Å². The molecule has 164 valence electrons. The Kier molecular flexibility index (Phi) is 6.89. The van der Waals surface area contributed by atoms with Crippen LogP contribution in [0.5, 0.6) is 5.75 Å². The first-order valence-electron chi connectivity index (χ1n) is 10.9. The SMILES string of the molecule is CCOc1ccc([C@@H](c2nnnn2Cc2ccc(F)cc2)N2CCN(CC)CC2)cc1. The van der Waals surface area contributed by atoms with Gasteiger partial charge >= 0.3 is 0 Å². The second-order valence-corrected chi connectivity index (χ2v) is 7.70. The number of benzene rings is 2. The maximum absolute atomic E-state index is 13.3. The Balaban J connectivity index is 1.64. The minimum absolute atomic E-state index is 0.0647. The highest BCUT2D eigenvalue weighted by atomic mass is 19.1. The molecule has 2 aromatic carbocycles. The quantitative estimate of drug-likeness (QED) is 0.554. The molecular formula is C23H29FN6O. The summed E-state index contributed by atoms with van der Waals surface area (Å²) in [5.41, 5.74) is 2.08. The van der Waals surface area contributed by atoms with Crippen LogP contribution in [-0.2, 0) is 6.54 Å². The van der Waals surface area contributed by atoms with E-state index in [1.54, 1.807) is 12.1 Å². The van der Waals surface area contributed by atoms with Gasteiger partial charge < -0.3 is 9.64 Å². The van der Waals surface area contributed by atoms with Gasteiger partial charge in [0.25, 0.3) is 0 Å². The minimum Gasteiger partial charge on any atom is -0.494 e. The summed E-state index contributed by atoms with van der Waals surface area (Å²) in [7, 11) is 0. The number of likely N-dealkylation sites (N-methyl/N-ethyl adjacent to an activating group) is 1. The molecule has 0 radical (unpaired) electrons. The van der Waals surface area contributed by atoms with Crippen molar-refractivity contribution in [3.05, 3.63) is 71.3 Å². The molecule has 1 aromatic heterocycles. The molecule has 1 atom stereocenters. The van der Waals surface area contributed by atoms with Crippen molar-refractivity contribution in [2.24, 2.45) is 0 Å². The van der Waals surface area contributed by atoms with Gasteiger partial charge in [-0.25, -0.2) is 9.07 Å². The van der Waals surface area contributed by atoms with E-state index in [9.17, 15) is 4.39 Å². The predicted molar refractivity (Wildman–Crippen MR) is 116 cm³/mol. The first kappa shape index (κ1) is 21.4. The summed E-state index contributed by atoms with van der Waals surface area (Å²) in [6, 6.07) is 14.6. The van der Waals surface area contributed by atoms with Crippen molar-refractivity contribution in [1.82, 2.24) is 30.0 Å². The van der Waals surface area contributed by atoms with Gasteiger partial charge in [0.15, 0.2) is 5.82 Å². The molecule has 3 aromatic rings. The largest absolute Gasteiger partial charge is 0.494 e. The molecule has 0 unspecified atom stereocenters. The van der Waals surface area contributed by atoms with E-state index in [0.29, 0.717) is 13.2 Å². The molecule has 31 heavy (non-hydrogen) atoms. The Morgan fingerprint density at radius 3 is 2.32 bits per heavy atom. The van der Waals surface area contributed by atoms with E-state index in [-0.39, 0.29) is 11.9 Å². The average molecular weight is 425 g/mol. The molecule has 1 saturated heterocycles. The first-order valence-corrected chi connectivity index (χ1v) is 10.9. The summed E-state index contributed by atoms with van der Waals surface area (Å²) >= 11 is 0. The lowest BCUT2D eigenvalue weighted by molar-refractivity contribution is 0.108. The van der Waals surface area contributed by atoms with Gasteiger partial charge in [-0.15, -0.1) is 5.10 Å². The highest BCUT2D eigenvalue weighted by Crippen LogP contribution is 2.29. The van der Waals surface area contributed by atoms with Crippen LogP contribution in [0.4, 0.5) is 4.39 Å². The molecule has 1 aliphatic heterocycles. The van der Waals surface area contributed by atoms with Crippen LogP contribution < -0.4 is 4.74 Å². The molecule has 0 aliphatic carbocycles. The van der Waals surface area contributed by atoms with E-state index in [2.05, 4.69) is 44.4 Å². The second kappa shape index (κ2) is 9.98. The Hall–Kier alpha value is -2.84. The zero-order valence-electron chi connectivity index (χ0n) is 18.1. The summed E-state index contributed by atoms with van der Waals surface area (Å²) in [6.45, 7) is 10.3. The van der Waals surface area contributed by atoms with Crippen LogP contribution in [0.2, 0.25) is 0 Å². The zero-order chi connectivity index (χ0) is 21.6. The molecule has 2 heterocycles. The number of rotatable bonds is 8. The molecule has 0 spiro atoms. The van der Waals surface area contributed by atoms with E-state index in [0.717, 1.165) is 55.4 Å². The fraction of sp³-hybridized carbons (Fsp3) is 0.435. The number of piperazine rings is 1. The molecule has 0 N–H and O–H groups in total. The van der Waals surface area contributed by atoms with E-state index in [1.807, 2.05) is 23.7 Å². The summed E-state index contributed by atoms with van der Waals surface area (Å²) < 4.78 is 20.8. The van der Waals surface area contributed by atoms with E-state index >= 15 is 0 Å². The van der Waals surface area contributed by atoms with E-state index in [1.165, 1.54) is 12.1 Å². The fourth-order valence-corrected chi connectivity index (χ4v) is 4.06. The predicted octanol–water partition coefficient (Wildman–Crippen LogP) is 2.99. The first-order chi connectivity index (χ1) is 15.2. The third-order valence-electron chi connectivity index (χ3n) is 5.78. The van der Waals surface area contributed by atoms with E-state index < -0.39 is 0 Å². The van der Waals surface area contributed by atoms with Crippen molar-refractivity contribution < 1.29 is 9.13 Å². The average Bonchev–Trinajstić information content (AvgIpc) is 3.25. The number of nitrogens with zero attached hydrogens (tertiary/aromatic N) is 6. The Morgan fingerprint density at radius 2 is 1.68 bits per heavy atom.